The number of anilines is 2. The van der Waals surface area contributed by atoms with Crippen LogP contribution in [0.25, 0.3) is 5.57 Å². The fourth-order valence-corrected chi connectivity index (χ4v) is 2.78. The molecule has 1 aromatic carbocycles. The SMILES string of the molecule is CCCN(C(C)=O)c1ccc2c(c1)/C(=C/C(N)CN)CCN2. The Morgan fingerprint density at radius 1 is 1.50 bits per heavy atom. The molecule has 1 unspecified atom stereocenters. The monoisotopic (exact) mass is 302 g/mol. The lowest BCUT2D eigenvalue weighted by atomic mass is 9.94. The van der Waals surface area contributed by atoms with Crippen LogP contribution in [0.1, 0.15) is 32.3 Å². The number of hydrogen-bond acceptors (Lipinski definition) is 4. The molecule has 1 atom stereocenters. The van der Waals surface area contributed by atoms with Crippen molar-refractivity contribution in [1.29, 1.82) is 0 Å². The molecule has 0 saturated heterocycles. The van der Waals surface area contributed by atoms with Crippen molar-refractivity contribution in [2.75, 3.05) is 29.9 Å². The zero-order valence-corrected chi connectivity index (χ0v) is 13.4. The molecule has 1 aliphatic heterocycles. The largest absolute Gasteiger partial charge is 0.384 e. The zero-order chi connectivity index (χ0) is 16.1. The minimum atomic E-state index is -0.135. The van der Waals surface area contributed by atoms with Gasteiger partial charge in [-0.3, -0.25) is 4.79 Å². The van der Waals surface area contributed by atoms with Gasteiger partial charge in [0, 0.05) is 49.5 Å². The summed E-state index contributed by atoms with van der Waals surface area (Å²) in [5.41, 5.74) is 15.9. The average molecular weight is 302 g/mol. The summed E-state index contributed by atoms with van der Waals surface area (Å²) in [5, 5.41) is 3.39. The summed E-state index contributed by atoms with van der Waals surface area (Å²) < 4.78 is 0. The minimum Gasteiger partial charge on any atom is -0.384 e. The van der Waals surface area contributed by atoms with Gasteiger partial charge >= 0.3 is 0 Å². The lowest BCUT2D eigenvalue weighted by molar-refractivity contribution is -0.116. The second-order valence-corrected chi connectivity index (χ2v) is 5.67. The molecule has 0 aromatic heterocycles. The van der Waals surface area contributed by atoms with Crippen molar-refractivity contribution < 1.29 is 4.79 Å². The van der Waals surface area contributed by atoms with Crippen molar-refractivity contribution in [2.45, 2.75) is 32.7 Å². The van der Waals surface area contributed by atoms with Crippen LogP contribution in [0.15, 0.2) is 24.3 Å². The molecule has 1 aliphatic rings. The van der Waals surface area contributed by atoms with Gasteiger partial charge in [0.1, 0.15) is 0 Å². The van der Waals surface area contributed by atoms with Gasteiger partial charge < -0.3 is 21.7 Å². The lowest BCUT2D eigenvalue weighted by Crippen LogP contribution is -2.29. The van der Waals surface area contributed by atoms with Gasteiger partial charge in [0.05, 0.1) is 0 Å². The van der Waals surface area contributed by atoms with Crippen LogP contribution in [0.2, 0.25) is 0 Å². The summed E-state index contributed by atoms with van der Waals surface area (Å²) in [5.74, 6) is 0.0646. The minimum absolute atomic E-state index is 0.0646. The summed E-state index contributed by atoms with van der Waals surface area (Å²) in [6, 6.07) is 5.98. The van der Waals surface area contributed by atoms with E-state index in [9.17, 15) is 4.79 Å². The van der Waals surface area contributed by atoms with Crippen molar-refractivity contribution in [3.8, 4) is 0 Å². The Kier molecular flexibility index (Phi) is 5.57. The molecule has 5 N–H and O–H groups in total. The highest BCUT2D eigenvalue weighted by atomic mass is 16.2. The average Bonchev–Trinajstić information content (AvgIpc) is 2.52. The van der Waals surface area contributed by atoms with Gasteiger partial charge in [-0.15, -0.1) is 0 Å². The van der Waals surface area contributed by atoms with Gasteiger partial charge in [-0.2, -0.15) is 0 Å². The number of nitrogens with two attached hydrogens (primary N) is 2. The number of carbonyl (C=O) groups is 1. The van der Waals surface area contributed by atoms with E-state index in [1.807, 2.05) is 23.1 Å². The molecule has 5 heteroatoms. The van der Waals surface area contributed by atoms with E-state index in [4.69, 9.17) is 11.5 Å². The van der Waals surface area contributed by atoms with Gasteiger partial charge in [0.2, 0.25) is 5.91 Å². The van der Waals surface area contributed by atoms with Crippen molar-refractivity contribution in [3.05, 3.63) is 29.8 Å². The maximum absolute atomic E-state index is 11.9. The van der Waals surface area contributed by atoms with Gasteiger partial charge in [-0.05, 0) is 36.6 Å². The highest BCUT2D eigenvalue weighted by molar-refractivity contribution is 5.93. The van der Waals surface area contributed by atoms with Gasteiger partial charge in [-0.1, -0.05) is 13.0 Å². The summed E-state index contributed by atoms with van der Waals surface area (Å²) in [6.45, 7) is 5.72. The van der Waals surface area contributed by atoms with E-state index in [2.05, 4.69) is 18.3 Å². The Balaban J connectivity index is 2.40. The first-order chi connectivity index (χ1) is 10.6. The predicted octanol–water partition coefficient (Wildman–Crippen LogP) is 1.93. The zero-order valence-electron chi connectivity index (χ0n) is 13.4. The topological polar surface area (TPSA) is 84.4 Å². The van der Waals surface area contributed by atoms with Crippen LogP contribution in [0, 0.1) is 0 Å². The molecule has 0 saturated carbocycles. The molecule has 22 heavy (non-hydrogen) atoms. The normalized spacial score (nSPS) is 16.8. The van der Waals surface area contributed by atoms with Crippen LogP contribution < -0.4 is 21.7 Å². The maximum Gasteiger partial charge on any atom is 0.223 e. The standard InChI is InChI=1S/C17H26N4O/c1-3-8-21(12(2)22)15-4-5-17-16(10-15)13(6-7-20-17)9-14(19)11-18/h4-5,9-10,14,20H,3,6-8,11,18-19H2,1-2H3/b13-9+. The van der Waals surface area contributed by atoms with Crippen LogP contribution in [0.3, 0.4) is 0 Å². The molecular weight excluding hydrogens is 276 g/mol. The number of nitrogens with zero attached hydrogens (tertiary/aromatic N) is 1. The number of rotatable bonds is 5. The van der Waals surface area contributed by atoms with Crippen LogP contribution in [0.4, 0.5) is 11.4 Å². The first-order valence-corrected chi connectivity index (χ1v) is 7.89. The summed E-state index contributed by atoms with van der Waals surface area (Å²) in [7, 11) is 0. The van der Waals surface area contributed by atoms with Gasteiger partial charge in [-0.25, -0.2) is 0 Å². The van der Waals surface area contributed by atoms with Crippen LogP contribution >= 0.6 is 0 Å². The van der Waals surface area contributed by atoms with Gasteiger partial charge in [0.15, 0.2) is 0 Å². The first-order valence-electron chi connectivity index (χ1n) is 7.89. The molecule has 0 aliphatic carbocycles. The second kappa shape index (κ2) is 7.42. The third kappa shape index (κ3) is 3.67. The highest BCUT2D eigenvalue weighted by Crippen LogP contribution is 2.34. The van der Waals surface area contributed by atoms with E-state index in [1.165, 1.54) is 5.57 Å². The van der Waals surface area contributed by atoms with E-state index in [1.54, 1.807) is 6.92 Å². The van der Waals surface area contributed by atoms with Crippen molar-refractivity contribution in [2.24, 2.45) is 11.5 Å². The molecule has 1 aromatic rings. The number of benzene rings is 1. The molecule has 5 nitrogen and oxygen atoms in total. The summed E-state index contributed by atoms with van der Waals surface area (Å²) in [4.78, 5) is 13.7. The van der Waals surface area contributed by atoms with Crippen molar-refractivity contribution in [3.63, 3.8) is 0 Å². The third-order valence-electron chi connectivity index (χ3n) is 3.89. The molecule has 120 valence electrons. The molecule has 0 fully saturated rings. The molecular formula is C17H26N4O. The molecule has 0 radical (unpaired) electrons. The van der Waals surface area contributed by atoms with E-state index in [0.717, 1.165) is 42.9 Å². The lowest BCUT2D eigenvalue weighted by Gasteiger charge is -2.26. The van der Waals surface area contributed by atoms with Gasteiger partial charge in [0.25, 0.3) is 0 Å². The predicted molar refractivity (Wildman–Crippen MR) is 92.9 cm³/mol. The molecule has 1 heterocycles. The maximum atomic E-state index is 11.9. The first kappa shape index (κ1) is 16.5. The molecule has 2 rings (SSSR count). The van der Waals surface area contributed by atoms with E-state index >= 15 is 0 Å². The van der Waals surface area contributed by atoms with Crippen LogP contribution in [0.5, 0.6) is 0 Å². The number of nitrogens with one attached hydrogen (secondary N) is 1. The second-order valence-electron chi connectivity index (χ2n) is 5.67. The van der Waals surface area contributed by atoms with Crippen LogP contribution in [-0.4, -0.2) is 31.6 Å². The van der Waals surface area contributed by atoms with E-state index in [0.29, 0.717) is 6.54 Å². The fourth-order valence-electron chi connectivity index (χ4n) is 2.78. The number of carbonyl (C=O) groups excluding carboxylic acids is 1. The Labute approximate surface area is 132 Å². The Morgan fingerprint density at radius 2 is 2.27 bits per heavy atom. The quantitative estimate of drug-likeness (QED) is 0.776. The Bertz CT molecular complexity index is 568. The molecule has 0 bridgehead atoms. The smallest absolute Gasteiger partial charge is 0.223 e. The third-order valence-corrected chi connectivity index (χ3v) is 3.89. The highest BCUT2D eigenvalue weighted by Gasteiger charge is 2.18. The number of hydrogen-bond donors (Lipinski definition) is 3. The molecule has 1 amide bonds. The Morgan fingerprint density at radius 3 is 2.91 bits per heavy atom. The fraction of sp³-hybridized carbons (Fsp3) is 0.471. The van der Waals surface area contributed by atoms with E-state index < -0.39 is 0 Å². The van der Waals surface area contributed by atoms with Crippen molar-refractivity contribution in [1.82, 2.24) is 0 Å². The number of amides is 1. The summed E-state index contributed by atoms with van der Waals surface area (Å²) >= 11 is 0. The Hall–Kier alpha value is -1.85. The van der Waals surface area contributed by atoms with E-state index in [-0.39, 0.29) is 11.9 Å². The molecule has 0 spiro atoms. The summed E-state index contributed by atoms with van der Waals surface area (Å²) in [6.07, 6.45) is 3.88. The van der Waals surface area contributed by atoms with Crippen molar-refractivity contribution >= 4 is 22.9 Å². The number of fused-ring (bicyclic) bond motifs is 1. The van der Waals surface area contributed by atoms with Crippen LogP contribution in [-0.2, 0) is 4.79 Å².